The Kier molecular flexibility index (Phi) is 10.9. The molecule has 0 saturated carbocycles. The van der Waals surface area contributed by atoms with Crippen LogP contribution in [0.3, 0.4) is 0 Å². The summed E-state index contributed by atoms with van der Waals surface area (Å²) in [6.07, 6.45) is 1.63. The van der Waals surface area contributed by atoms with E-state index in [-0.39, 0.29) is 11.6 Å². The van der Waals surface area contributed by atoms with Gasteiger partial charge in [0.2, 0.25) is 5.91 Å². The molecule has 3 amide bonds. The standard InChI is InChI=1S/C38H32BrN3O3S/c1-25-11-9-12-26(2)34(25)42-38(45)35(28-13-5-3-6-14-28)46-32-18-10-17-31(24-32)40-37(44)33(23-27-19-21-30(39)22-20-27)41-36(43)29-15-7-4-8-16-29/h3-24,35H,1-2H3,(H,40,44)(H,41,43)(H,42,45)/b33-23+. The minimum Gasteiger partial charge on any atom is -0.324 e. The van der Waals surface area contributed by atoms with Crippen molar-refractivity contribution in [1.29, 1.82) is 0 Å². The molecule has 0 fully saturated rings. The first-order valence-corrected chi connectivity index (χ1v) is 16.3. The highest BCUT2D eigenvalue weighted by atomic mass is 79.9. The van der Waals surface area contributed by atoms with Gasteiger partial charge in [0.1, 0.15) is 10.9 Å². The fraction of sp³-hybridized carbons (Fsp3) is 0.0789. The average Bonchev–Trinajstić information content (AvgIpc) is 3.07. The number of aryl methyl sites for hydroxylation is 2. The van der Waals surface area contributed by atoms with Gasteiger partial charge in [-0.15, -0.1) is 11.8 Å². The van der Waals surface area contributed by atoms with Crippen LogP contribution in [-0.2, 0) is 9.59 Å². The molecular weight excluding hydrogens is 658 g/mol. The summed E-state index contributed by atoms with van der Waals surface area (Å²) in [4.78, 5) is 41.2. The predicted molar refractivity (Wildman–Crippen MR) is 191 cm³/mol. The number of halogens is 1. The largest absolute Gasteiger partial charge is 0.324 e. The Morgan fingerprint density at radius 1 is 0.717 bits per heavy atom. The number of nitrogens with one attached hydrogen (secondary N) is 3. The molecular formula is C38H32BrN3O3S. The number of carbonyl (C=O) groups excluding carboxylic acids is 3. The molecule has 3 N–H and O–H groups in total. The molecule has 8 heteroatoms. The number of anilines is 2. The van der Waals surface area contributed by atoms with E-state index < -0.39 is 17.1 Å². The monoisotopic (exact) mass is 689 g/mol. The Labute approximate surface area is 281 Å². The molecule has 0 bridgehead atoms. The van der Waals surface area contributed by atoms with Gasteiger partial charge in [0, 0.05) is 26.3 Å². The van der Waals surface area contributed by atoms with Crippen molar-refractivity contribution in [2.45, 2.75) is 24.0 Å². The lowest BCUT2D eigenvalue weighted by atomic mass is 10.1. The second kappa shape index (κ2) is 15.4. The van der Waals surface area contributed by atoms with Gasteiger partial charge in [-0.05, 0) is 84.6 Å². The van der Waals surface area contributed by atoms with Gasteiger partial charge in [-0.3, -0.25) is 14.4 Å². The fourth-order valence-electron chi connectivity index (χ4n) is 4.75. The van der Waals surface area contributed by atoms with Crippen LogP contribution < -0.4 is 16.0 Å². The number of amides is 3. The molecule has 0 spiro atoms. The van der Waals surface area contributed by atoms with Crippen molar-refractivity contribution in [2.24, 2.45) is 0 Å². The average molecular weight is 691 g/mol. The summed E-state index contributed by atoms with van der Waals surface area (Å²) in [5.74, 6) is -1.03. The Balaban J connectivity index is 1.38. The summed E-state index contributed by atoms with van der Waals surface area (Å²) in [7, 11) is 0. The van der Waals surface area contributed by atoms with Crippen LogP contribution in [0, 0.1) is 13.8 Å². The molecule has 0 aliphatic rings. The van der Waals surface area contributed by atoms with Crippen LogP contribution in [-0.4, -0.2) is 17.7 Å². The summed E-state index contributed by atoms with van der Waals surface area (Å²) < 4.78 is 0.898. The van der Waals surface area contributed by atoms with Gasteiger partial charge < -0.3 is 16.0 Å². The third-order valence-corrected chi connectivity index (χ3v) is 8.90. The Morgan fingerprint density at radius 3 is 2.02 bits per heavy atom. The molecule has 5 aromatic carbocycles. The molecule has 1 atom stereocenters. The van der Waals surface area contributed by atoms with Gasteiger partial charge in [0.15, 0.2) is 0 Å². The minimum atomic E-state index is -0.552. The highest BCUT2D eigenvalue weighted by Crippen LogP contribution is 2.37. The van der Waals surface area contributed by atoms with E-state index in [9.17, 15) is 14.4 Å². The summed E-state index contributed by atoms with van der Waals surface area (Å²) >= 11 is 4.82. The van der Waals surface area contributed by atoms with Crippen molar-refractivity contribution in [1.82, 2.24) is 5.32 Å². The van der Waals surface area contributed by atoms with E-state index in [0.29, 0.717) is 11.3 Å². The summed E-state index contributed by atoms with van der Waals surface area (Å²) in [6.45, 7) is 3.95. The zero-order valence-corrected chi connectivity index (χ0v) is 27.7. The molecule has 230 valence electrons. The number of rotatable bonds is 10. The number of hydrogen-bond acceptors (Lipinski definition) is 4. The van der Waals surface area contributed by atoms with Gasteiger partial charge in [0.05, 0.1) is 0 Å². The lowest BCUT2D eigenvalue weighted by Crippen LogP contribution is -2.30. The lowest BCUT2D eigenvalue weighted by Gasteiger charge is -2.19. The molecule has 5 rings (SSSR count). The summed E-state index contributed by atoms with van der Waals surface area (Å²) in [6, 6.07) is 39.0. The third-order valence-electron chi connectivity index (χ3n) is 7.13. The first kappa shape index (κ1) is 32.5. The van der Waals surface area contributed by atoms with Crippen molar-refractivity contribution in [2.75, 3.05) is 10.6 Å². The Bertz CT molecular complexity index is 1860. The van der Waals surface area contributed by atoms with E-state index in [2.05, 4.69) is 31.9 Å². The van der Waals surface area contributed by atoms with E-state index in [1.54, 1.807) is 36.4 Å². The van der Waals surface area contributed by atoms with Crippen LogP contribution in [0.4, 0.5) is 11.4 Å². The van der Waals surface area contributed by atoms with E-state index in [1.807, 2.05) is 111 Å². The third kappa shape index (κ3) is 8.62. The van der Waals surface area contributed by atoms with Crippen molar-refractivity contribution in [3.63, 3.8) is 0 Å². The summed E-state index contributed by atoms with van der Waals surface area (Å²) in [5.41, 5.74) is 5.42. The maximum Gasteiger partial charge on any atom is 0.272 e. The molecule has 0 heterocycles. The van der Waals surface area contributed by atoms with E-state index in [0.717, 1.165) is 37.3 Å². The quantitative estimate of drug-likeness (QED) is 0.101. The van der Waals surface area contributed by atoms with Gasteiger partial charge in [-0.2, -0.15) is 0 Å². The molecule has 6 nitrogen and oxygen atoms in total. The summed E-state index contributed by atoms with van der Waals surface area (Å²) in [5, 5.41) is 8.28. The Hall–Kier alpha value is -4.92. The maximum atomic E-state index is 13.7. The van der Waals surface area contributed by atoms with Gasteiger partial charge >= 0.3 is 0 Å². The highest BCUT2D eigenvalue weighted by Gasteiger charge is 2.24. The van der Waals surface area contributed by atoms with Gasteiger partial charge in [-0.25, -0.2) is 0 Å². The van der Waals surface area contributed by atoms with Crippen molar-refractivity contribution >= 4 is 62.9 Å². The smallest absolute Gasteiger partial charge is 0.272 e. The van der Waals surface area contributed by atoms with E-state index in [4.69, 9.17) is 0 Å². The van der Waals surface area contributed by atoms with Crippen molar-refractivity contribution in [3.05, 3.63) is 165 Å². The highest BCUT2D eigenvalue weighted by molar-refractivity contribution is 9.10. The molecule has 0 saturated heterocycles. The minimum absolute atomic E-state index is 0.0874. The fourth-order valence-corrected chi connectivity index (χ4v) is 6.10. The van der Waals surface area contributed by atoms with Crippen LogP contribution >= 0.6 is 27.7 Å². The number of hydrogen-bond donors (Lipinski definition) is 3. The van der Waals surface area contributed by atoms with Crippen LogP contribution in [0.5, 0.6) is 0 Å². The number of para-hydroxylation sites is 1. The van der Waals surface area contributed by atoms with Crippen molar-refractivity contribution < 1.29 is 14.4 Å². The van der Waals surface area contributed by atoms with Crippen molar-refractivity contribution in [3.8, 4) is 0 Å². The van der Waals surface area contributed by atoms with E-state index in [1.165, 1.54) is 11.8 Å². The normalized spacial score (nSPS) is 11.8. The molecule has 0 aliphatic heterocycles. The SMILES string of the molecule is Cc1cccc(C)c1NC(=O)C(Sc1cccc(NC(=O)/C(=C\c2ccc(Br)cc2)NC(=O)c2ccccc2)c1)c1ccccc1. The number of benzene rings is 5. The zero-order chi connectivity index (χ0) is 32.5. The molecule has 1 unspecified atom stereocenters. The van der Waals surface area contributed by atoms with Crippen LogP contribution in [0.25, 0.3) is 6.08 Å². The second-order valence-electron chi connectivity index (χ2n) is 10.6. The lowest BCUT2D eigenvalue weighted by molar-refractivity contribution is -0.116. The molecule has 5 aromatic rings. The molecule has 46 heavy (non-hydrogen) atoms. The zero-order valence-electron chi connectivity index (χ0n) is 25.3. The van der Waals surface area contributed by atoms with Crippen LogP contribution in [0.1, 0.15) is 37.9 Å². The van der Waals surface area contributed by atoms with Gasteiger partial charge in [-0.1, -0.05) is 101 Å². The first-order valence-electron chi connectivity index (χ1n) is 14.6. The topological polar surface area (TPSA) is 87.3 Å². The Morgan fingerprint density at radius 2 is 1.35 bits per heavy atom. The molecule has 0 aliphatic carbocycles. The van der Waals surface area contributed by atoms with Crippen LogP contribution in [0.2, 0.25) is 0 Å². The number of thioether (sulfide) groups is 1. The van der Waals surface area contributed by atoms with Crippen LogP contribution in [0.15, 0.2) is 142 Å². The molecule has 0 aromatic heterocycles. The van der Waals surface area contributed by atoms with Gasteiger partial charge in [0.25, 0.3) is 11.8 Å². The van der Waals surface area contributed by atoms with E-state index >= 15 is 0 Å². The second-order valence-corrected chi connectivity index (χ2v) is 12.7. The first-order chi connectivity index (χ1) is 22.3. The number of carbonyl (C=O) groups is 3. The predicted octanol–water partition coefficient (Wildman–Crippen LogP) is 8.95. The molecule has 0 radical (unpaired) electrons. The maximum absolute atomic E-state index is 13.7.